The SMILES string of the molecule is CC1CCc2sc(C(=O)NNC(=O)N3CCc4sccc4C3C)cc2C1. The molecule has 5 nitrogen and oxygen atoms in total. The van der Waals surface area contributed by atoms with Crippen LogP contribution in [0.3, 0.4) is 0 Å². The van der Waals surface area contributed by atoms with Crippen LogP contribution in [-0.4, -0.2) is 23.4 Å². The summed E-state index contributed by atoms with van der Waals surface area (Å²) in [6.45, 7) is 4.95. The number of nitrogens with zero attached hydrogens (tertiary/aromatic N) is 1. The van der Waals surface area contributed by atoms with Crippen LogP contribution >= 0.6 is 22.7 Å². The summed E-state index contributed by atoms with van der Waals surface area (Å²) in [5.74, 6) is 0.446. The van der Waals surface area contributed by atoms with Gasteiger partial charge in [-0.15, -0.1) is 22.7 Å². The molecule has 2 atom stereocenters. The fourth-order valence-corrected chi connectivity index (χ4v) is 5.91. The fraction of sp³-hybridized carbons (Fsp3) is 0.474. The zero-order valence-electron chi connectivity index (χ0n) is 15.0. The van der Waals surface area contributed by atoms with Crippen LogP contribution in [0.15, 0.2) is 17.5 Å². The van der Waals surface area contributed by atoms with Crippen molar-refractivity contribution in [3.05, 3.63) is 43.3 Å². The number of aryl methyl sites for hydroxylation is 1. The zero-order chi connectivity index (χ0) is 18.3. The second-order valence-electron chi connectivity index (χ2n) is 7.21. The van der Waals surface area contributed by atoms with E-state index in [9.17, 15) is 9.59 Å². The highest BCUT2D eigenvalue weighted by Gasteiger charge is 2.28. The number of rotatable bonds is 1. The second kappa shape index (κ2) is 7.04. The third kappa shape index (κ3) is 3.25. The Morgan fingerprint density at radius 2 is 2.04 bits per heavy atom. The summed E-state index contributed by atoms with van der Waals surface area (Å²) in [5.41, 5.74) is 7.68. The first-order chi connectivity index (χ1) is 12.5. The van der Waals surface area contributed by atoms with Gasteiger partial charge in [-0.2, -0.15) is 0 Å². The molecule has 138 valence electrons. The van der Waals surface area contributed by atoms with Crippen LogP contribution in [-0.2, 0) is 19.3 Å². The van der Waals surface area contributed by atoms with Crippen LogP contribution in [0.5, 0.6) is 0 Å². The lowest BCUT2D eigenvalue weighted by atomic mass is 9.90. The molecule has 2 unspecified atom stereocenters. The van der Waals surface area contributed by atoms with Crippen molar-refractivity contribution in [2.75, 3.05) is 6.54 Å². The molecule has 2 aromatic heterocycles. The van der Waals surface area contributed by atoms with Crippen molar-refractivity contribution >= 4 is 34.6 Å². The number of hydrogen-bond donors (Lipinski definition) is 2. The largest absolute Gasteiger partial charge is 0.336 e. The maximum absolute atomic E-state index is 12.5. The van der Waals surface area contributed by atoms with Crippen molar-refractivity contribution in [2.45, 2.75) is 45.6 Å². The summed E-state index contributed by atoms with van der Waals surface area (Å²) in [4.78, 5) is 30.1. The van der Waals surface area contributed by atoms with Gasteiger partial charge in [-0.25, -0.2) is 10.2 Å². The molecule has 3 amide bonds. The van der Waals surface area contributed by atoms with E-state index >= 15 is 0 Å². The molecule has 2 aliphatic rings. The molecular weight excluding hydrogens is 366 g/mol. The van der Waals surface area contributed by atoms with Gasteiger partial charge in [0.25, 0.3) is 5.91 Å². The lowest BCUT2D eigenvalue weighted by Crippen LogP contribution is -2.50. The third-order valence-corrected chi connectivity index (χ3v) is 7.61. The number of nitrogens with one attached hydrogen (secondary N) is 2. The monoisotopic (exact) mass is 389 g/mol. The average molecular weight is 390 g/mol. The average Bonchev–Trinajstić information content (AvgIpc) is 3.26. The van der Waals surface area contributed by atoms with Gasteiger partial charge in [0.2, 0.25) is 0 Å². The Morgan fingerprint density at radius 3 is 2.88 bits per heavy atom. The van der Waals surface area contributed by atoms with E-state index in [4.69, 9.17) is 0 Å². The first-order valence-corrected chi connectivity index (χ1v) is 10.8. The van der Waals surface area contributed by atoms with Crippen molar-refractivity contribution in [3.63, 3.8) is 0 Å². The number of urea groups is 1. The summed E-state index contributed by atoms with van der Waals surface area (Å²) in [6.07, 6.45) is 4.14. The molecule has 1 aliphatic carbocycles. The second-order valence-corrected chi connectivity index (χ2v) is 9.35. The van der Waals surface area contributed by atoms with E-state index in [1.807, 2.05) is 13.0 Å². The predicted molar refractivity (Wildman–Crippen MR) is 105 cm³/mol. The van der Waals surface area contributed by atoms with Crippen molar-refractivity contribution in [1.82, 2.24) is 15.8 Å². The fourth-order valence-electron chi connectivity index (χ4n) is 3.85. The molecule has 7 heteroatoms. The predicted octanol–water partition coefficient (Wildman–Crippen LogP) is 3.91. The van der Waals surface area contributed by atoms with E-state index in [1.165, 1.54) is 27.3 Å². The topological polar surface area (TPSA) is 61.4 Å². The van der Waals surface area contributed by atoms with Gasteiger partial charge in [0.1, 0.15) is 0 Å². The molecule has 26 heavy (non-hydrogen) atoms. The number of carbonyl (C=O) groups is 2. The molecule has 0 saturated carbocycles. The molecule has 0 aromatic carbocycles. The molecule has 4 rings (SSSR count). The number of carbonyl (C=O) groups excluding carboxylic acids is 2. The molecule has 1 aliphatic heterocycles. The molecule has 0 bridgehead atoms. The van der Waals surface area contributed by atoms with Gasteiger partial charge >= 0.3 is 6.03 Å². The molecule has 3 heterocycles. The summed E-state index contributed by atoms with van der Waals surface area (Å²) >= 11 is 3.29. The Morgan fingerprint density at radius 1 is 1.19 bits per heavy atom. The Kier molecular flexibility index (Phi) is 4.75. The number of amides is 3. The minimum atomic E-state index is -0.252. The van der Waals surface area contributed by atoms with Crippen LogP contribution in [0.2, 0.25) is 0 Å². The molecule has 2 aromatic rings. The normalized spacial score (nSPS) is 21.7. The number of hydrazine groups is 1. The zero-order valence-corrected chi connectivity index (χ0v) is 16.6. The van der Waals surface area contributed by atoms with Gasteiger partial charge < -0.3 is 4.90 Å². The maximum Gasteiger partial charge on any atom is 0.336 e. The molecule has 2 N–H and O–H groups in total. The standard InChI is InChI=1S/C19H23N3O2S2/c1-11-3-4-15-13(9-11)10-17(26-15)18(23)20-21-19(24)22-7-5-16-14(12(22)2)6-8-25-16/h6,8,10-12H,3-5,7,9H2,1-2H3,(H,20,23)(H,21,24). The van der Waals surface area contributed by atoms with Crippen molar-refractivity contribution in [2.24, 2.45) is 5.92 Å². The van der Waals surface area contributed by atoms with Gasteiger partial charge in [0.15, 0.2) is 0 Å². The highest BCUT2D eigenvalue weighted by molar-refractivity contribution is 7.14. The molecule has 0 fully saturated rings. The first kappa shape index (κ1) is 17.5. The van der Waals surface area contributed by atoms with Gasteiger partial charge in [0, 0.05) is 16.3 Å². The van der Waals surface area contributed by atoms with E-state index in [-0.39, 0.29) is 18.0 Å². The van der Waals surface area contributed by atoms with Gasteiger partial charge in [-0.1, -0.05) is 6.92 Å². The van der Waals surface area contributed by atoms with E-state index in [2.05, 4.69) is 29.2 Å². The summed E-state index contributed by atoms with van der Waals surface area (Å²) in [6, 6.07) is 3.84. The summed E-state index contributed by atoms with van der Waals surface area (Å²) in [5, 5.41) is 2.07. The van der Waals surface area contributed by atoms with Crippen LogP contribution in [0.4, 0.5) is 4.79 Å². The first-order valence-electron chi connectivity index (χ1n) is 9.07. The Bertz CT molecular complexity index is 842. The Balaban J connectivity index is 1.37. The smallest absolute Gasteiger partial charge is 0.316 e. The Labute approximate surface area is 161 Å². The minimum absolute atomic E-state index is 0.0254. The van der Waals surface area contributed by atoms with Gasteiger partial charge in [-0.05, 0) is 67.2 Å². The molecule has 0 radical (unpaired) electrons. The van der Waals surface area contributed by atoms with Crippen LogP contribution in [0.1, 0.15) is 56.9 Å². The number of fused-ring (bicyclic) bond motifs is 2. The van der Waals surface area contributed by atoms with Crippen LogP contribution in [0, 0.1) is 5.92 Å². The lowest BCUT2D eigenvalue weighted by molar-refractivity contribution is 0.0929. The minimum Gasteiger partial charge on any atom is -0.316 e. The van der Waals surface area contributed by atoms with E-state index < -0.39 is 0 Å². The number of hydrogen-bond acceptors (Lipinski definition) is 4. The van der Waals surface area contributed by atoms with E-state index in [0.717, 1.165) is 19.3 Å². The number of thiophene rings is 2. The molecule has 0 spiro atoms. The van der Waals surface area contributed by atoms with Crippen LogP contribution in [0.25, 0.3) is 0 Å². The van der Waals surface area contributed by atoms with Crippen molar-refractivity contribution < 1.29 is 9.59 Å². The van der Waals surface area contributed by atoms with Gasteiger partial charge in [-0.3, -0.25) is 10.2 Å². The molecule has 0 saturated heterocycles. The Hall–Kier alpha value is -1.86. The summed E-state index contributed by atoms with van der Waals surface area (Å²) < 4.78 is 0. The van der Waals surface area contributed by atoms with Gasteiger partial charge in [0.05, 0.1) is 10.9 Å². The lowest BCUT2D eigenvalue weighted by Gasteiger charge is -2.33. The third-order valence-electron chi connectivity index (χ3n) is 5.37. The van der Waals surface area contributed by atoms with Crippen molar-refractivity contribution in [3.8, 4) is 0 Å². The van der Waals surface area contributed by atoms with E-state index in [0.29, 0.717) is 17.3 Å². The van der Waals surface area contributed by atoms with Crippen LogP contribution < -0.4 is 10.9 Å². The molecular formula is C19H23N3O2S2. The van der Waals surface area contributed by atoms with E-state index in [1.54, 1.807) is 27.6 Å². The quantitative estimate of drug-likeness (QED) is 0.727. The summed E-state index contributed by atoms with van der Waals surface area (Å²) in [7, 11) is 0. The maximum atomic E-state index is 12.5. The highest BCUT2D eigenvalue weighted by Crippen LogP contribution is 2.33. The highest BCUT2D eigenvalue weighted by atomic mass is 32.1. The van der Waals surface area contributed by atoms with Crippen molar-refractivity contribution in [1.29, 1.82) is 0 Å².